The lowest BCUT2D eigenvalue weighted by Gasteiger charge is -2.29. The number of methoxy groups -OCH3 is 1. The van der Waals surface area contributed by atoms with Gasteiger partial charge in [0.05, 0.1) is 30.6 Å². The van der Waals surface area contributed by atoms with E-state index in [2.05, 4.69) is 72.1 Å². The third kappa shape index (κ3) is 4.88. The fourth-order valence-electron chi connectivity index (χ4n) is 5.50. The Kier molecular flexibility index (Phi) is 7.14. The van der Waals surface area contributed by atoms with Gasteiger partial charge < -0.3 is 24.8 Å². The molecule has 7 nitrogen and oxygen atoms in total. The van der Waals surface area contributed by atoms with E-state index >= 15 is 0 Å². The predicted molar refractivity (Wildman–Crippen MR) is 160 cm³/mol. The van der Waals surface area contributed by atoms with Crippen LogP contribution in [0.4, 0.5) is 11.4 Å². The highest BCUT2D eigenvalue weighted by molar-refractivity contribution is 7.80. The van der Waals surface area contributed by atoms with Gasteiger partial charge in [0, 0.05) is 35.9 Å². The molecule has 1 fully saturated rings. The molecule has 2 N–H and O–H groups in total. The maximum atomic E-state index is 11.9. The minimum atomic E-state index is -0.184. The first-order valence-corrected chi connectivity index (χ1v) is 13.3. The van der Waals surface area contributed by atoms with Gasteiger partial charge in [0.25, 0.3) is 0 Å². The van der Waals surface area contributed by atoms with Crippen LogP contribution in [0.15, 0.2) is 66.9 Å². The smallest absolute Gasteiger partial charge is 0.221 e. The highest BCUT2D eigenvalue weighted by atomic mass is 32.1. The number of carbonyl (C=O) groups is 1. The van der Waals surface area contributed by atoms with E-state index in [4.69, 9.17) is 21.9 Å². The van der Waals surface area contributed by atoms with Crippen LogP contribution < -0.4 is 20.3 Å². The number of anilines is 2. The highest BCUT2D eigenvalue weighted by Crippen LogP contribution is 2.45. The number of amides is 1. The molecule has 0 bridgehead atoms. The molecule has 1 amide bonds. The van der Waals surface area contributed by atoms with Crippen LogP contribution in [0.2, 0.25) is 0 Å². The first-order valence-electron chi connectivity index (χ1n) is 12.9. The lowest BCUT2D eigenvalue weighted by atomic mass is 9.96. The zero-order chi connectivity index (χ0) is 27.8. The van der Waals surface area contributed by atoms with Crippen molar-refractivity contribution in [3.63, 3.8) is 0 Å². The number of benzene rings is 2. The molecule has 0 radical (unpaired) electrons. The summed E-state index contributed by atoms with van der Waals surface area (Å²) < 4.78 is 7.83. The third-order valence-corrected chi connectivity index (χ3v) is 7.58. The fourth-order valence-corrected chi connectivity index (χ4v) is 5.85. The molecule has 4 aromatic rings. The molecule has 200 valence electrons. The number of aryl methyl sites for hydroxylation is 3. The molecule has 0 aliphatic carbocycles. The number of hydrogen-bond acceptors (Lipinski definition) is 4. The molecular weight excluding hydrogens is 506 g/mol. The second-order valence-corrected chi connectivity index (χ2v) is 10.4. The van der Waals surface area contributed by atoms with Crippen molar-refractivity contribution in [2.45, 2.75) is 46.7 Å². The highest BCUT2D eigenvalue weighted by Gasteiger charge is 2.42. The van der Waals surface area contributed by atoms with E-state index in [9.17, 15) is 4.79 Å². The molecule has 0 saturated carbocycles. The number of ether oxygens (including phenoxy) is 1. The lowest BCUT2D eigenvalue weighted by Crippen LogP contribution is -2.29. The number of rotatable bonds is 6. The topological polar surface area (TPSA) is 71.4 Å². The molecule has 1 aliphatic heterocycles. The second-order valence-electron chi connectivity index (χ2n) is 10.0. The van der Waals surface area contributed by atoms with Gasteiger partial charge in [-0.25, -0.2) is 0 Å². The molecule has 2 aromatic carbocycles. The number of pyridine rings is 1. The van der Waals surface area contributed by atoms with Crippen LogP contribution in [-0.2, 0) is 4.79 Å². The minimum absolute atomic E-state index is 0.174. The Morgan fingerprint density at radius 2 is 1.85 bits per heavy atom. The van der Waals surface area contributed by atoms with Crippen molar-refractivity contribution in [3.8, 4) is 11.4 Å². The molecular formula is C31H33N5O2S. The lowest BCUT2D eigenvalue weighted by molar-refractivity contribution is -0.114. The van der Waals surface area contributed by atoms with Crippen LogP contribution in [0.1, 0.15) is 52.8 Å². The largest absolute Gasteiger partial charge is 0.495 e. The number of nitrogens with zero attached hydrogens (tertiary/aromatic N) is 3. The Morgan fingerprint density at radius 1 is 1.05 bits per heavy atom. The van der Waals surface area contributed by atoms with Crippen LogP contribution in [0, 0.1) is 27.7 Å². The molecule has 2 atom stereocenters. The summed E-state index contributed by atoms with van der Waals surface area (Å²) in [6, 6.07) is 20.1. The monoisotopic (exact) mass is 539 g/mol. The average molecular weight is 540 g/mol. The zero-order valence-corrected chi connectivity index (χ0v) is 23.9. The van der Waals surface area contributed by atoms with E-state index in [0.717, 1.165) is 28.3 Å². The van der Waals surface area contributed by atoms with Crippen molar-refractivity contribution in [2.24, 2.45) is 0 Å². The van der Waals surface area contributed by atoms with Crippen LogP contribution >= 0.6 is 12.2 Å². The summed E-state index contributed by atoms with van der Waals surface area (Å²) in [4.78, 5) is 18.8. The number of carbonyl (C=O) groups excluding carboxylic acids is 1. The molecule has 2 unspecified atom stereocenters. The molecule has 1 saturated heterocycles. The predicted octanol–water partition coefficient (Wildman–Crippen LogP) is 6.25. The van der Waals surface area contributed by atoms with Crippen LogP contribution in [-0.4, -0.2) is 27.7 Å². The maximum Gasteiger partial charge on any atom is 0.221 e. The van der Waals surface area contributed by atoms with Crippen molar-refractivity contribution in [1.29, 1.82) is 0 Å². The molecule has 1 aliphatic rings. The molecule has 5 rings (SSSR count). The molecule has 2 aromatic heterocycles. The average Bonchev–Trinajstić information content (AvgIpc) is 3.40. The van der Waals surface area contributed by atoms with Crippen molar-refractivity contribution in [3.05, 3.63) is 101 Å². The van der Waals surface area contributed by atoms with Crippen molar-refractivity contribution >= 4 is 34.6 Å². The van der Waals surface area contributed by atoms with E-state index in [1.54, 1.807) is 13.3 Å². The van der Waals surface area contributed by atoms with E-state index in [-0.39, 0.29) is 18.0 Å². The van der Waals surface area contributed by atoms with Gasteiger partial charge in [-0.15, -0.1) is 0 Å². The first kappa shape index (κ1) is 26.4. The van der Waals surface area contributed by atoms with Crippen LogP contribution in [0.25, 0.3) is 5.69 Å². The molecule has 8 heteroatoms. The van der Waals surface area contributed by atoms with Crippen LogP contribution in [0.5, 0.6) is 5.75 Å². The van der Waals surface area contributed by atoms with Gasteiger partial charge in [0.2, 0.25) is 5.91 Å². The number of thiocarbonyl (C=S) groups is 1. The summed E-state index contributed by atoms with van der Waals surface area (Å²) in [7, 11) is 1.59. The Morgan fingerprint density at radius 3 is 2.54 bits per heavy atom. The normalized spacial score (nSPS) is 16.8. The quantitative estimate of drug-likeness (QED) is 0.282. The van der Waals surface area contributed by atoms with Gasteiger partial charge >= 0.3 is 0 Å². The Labute approximate surface area is 234 Å². The van der Waals surface area contributed by atoms with Gasteiger partial charge in [0.1, 0.15) is 5.75 Å². The summed E-state index contributed by atoms with van der Waals surface area (Å²) in [5.74, 6) is 0.408. The van der Waals surface area contributed by atoms with Crippen molar-refractivity contribution in [2.75, 3.05) is 17.3 Å². The zero-order valence-electron chi connectivity index (χ0n) is 23.1. The van der Waals surface area contributed by atoms with Crippen molar-refractivity contribution in [1.82, 2.24) is 14.9 Å². The third-order valence-electron chi connectivity index (χ3n) is 7.26. The molecule has 0 spiro atoms. The van der Waals surface area contributed by atoms with Gasteiger partial charge in [-0.2, -0.15) is 0 Å². The second kappa shape index (κ2) is 10.5. The van der Waals surface area contributed by atoms with Crippen molar-refractivity contribution < 1.29 is 9.53 Å². The van der Waals surface area contributed by atoms with Gasteiger partial charge in [-0.05, 0) is 99.1 Å². The first-order chi connectivity index (χ1) is 18.7. The Hall–Kier alpha value is -4.17. The summed E-state index contributed by atoms with van der Waals surface area (Å²) in [6.45, 7) is 10.0. The SMILES string of the molecule is COc1ccc(N2C(=S)NC(c3ccccn3)C2c2cc(C)n(-c3cc(C)ccc3C)c2C)cc1NC(C)=O. The van der Waals surface area contributed by atoms with Gasteiger partial charge in [-0.3, -0.25) is 9.78 Å². The number of nitrogens with one attached hydrogen (secondary N) is 2. The summed E-state index contributed by atoms with van der Waals surface area (Å²) in [5, 5.41) is 7.02. The standard InChI is InChI=1S/C31H33N5O2S/c1-18-10-11-19(2)27(15-18)35-20(3)16-24(21(35)4)30-29(25-9-7-8-14-32-25)34-31(39)36(30)23-12-13-28(38-6)26(17-23)33-22(5)37/h7-17,29-30H,1-6H3,(H,33,37)(H,34,39). The van der Waals surface area contributed by atoms with E-state index in [1.165, 1.54) is 23.7 Å². The summed E-state index contributed by atoms with van der Waals surface area (Å²) in [6.07, 6.45) is 1.81. The minimum Gasteiger partial charge on any atom is -0.495 e. The Bertz CT molecular complexity index is 1560. The number of hydrogen-bond donors (Lipinski definition) is 2. The summed E-state index contributed by atoms with van der Waals surface area (Å²) in [5.41, 5.74) is 9.35. The summed E-state index contributed by atoms with van der Waals surface area (Å²) >= 11 is 5.94. The molecule has 39 heavy (non-hydrogen) atoms. The fraction of sp³-hybridized carbons (Fsp3) is 0.258. The van der Waals surface area contributed by atoms with E-state index < -0.39 is 0 Å². The van der Waals surface area contributed by atoms with Crippen LogP contribution in [0.3, 0.4) is 0 Å². The van der Waals surface area contributed by atoms with E-state index in [1.807, 2.05) is 36.4 Å². The Balaban J connectivity index is 1.70. The number of aromatic nitrogens is 2. The maximum absolute atomic E-state index is 11.9. The van der Waals surface area contributed by atoms with E-state index in [0.29, 0.717) is 16.5 Å². The van der Waals surface area contributed by atoms with Gasteiger partial charge in [0.15, 0.2) is 5.11 Å². The molecule has 3 heterocycles. The van der Waals surface area contributed by atoms with Gasteiger partial charge in [-0.1, -0.05) is 18.2 Å².